The Morgan fingerprint density at radius 1 is 0.919 bits per heavy atom. The average Bonchev–Trinajstić information content (AvgIpc) is 3.36. The van der Waals surface area contributed by atoms with Crippen molar-refractivity contribution in [3.05, 3.63) is 119 Å². The number of amides is 1. The number of hydrogen-bond acceptors (Lipinski definition) is 5. The molecule has 37 heavy (non-hydrogen) atoms. The third-order valence-corrected chi connectivity index (χ3v) is 6.08. The fourth-order valence-electron chi connectivity index (χ4n) is 4.08. The van der Waals surface area contributed by atoms with Crippen LogP contribution in [-0.2, 0) is 13.1 Å². The topological polar surface area (TPSA) is 83.3 Å². The van der Waals surface area contributed by atoms with E-state index in [-0.39, 0.29) is 5.91 Å². The number of nitrogens with one attached hydrogen (secondary N) is 3. The highest BCUT2D eigenvalue weighted by atomic mass is 16.1. The quantitative estimate of drug-likeness (QED) is 0.232. The maximum Gasteiger partial charge on any atom is 0.255 e. The first kappa shape index (κ1) is 24.1. The van der Waals surface area contributed by atoms with Gasteiger partial charge in [0.2, 0.25) is 0 Å². The highest BCUT2D eigenvalue weighted by Crippen LogP contribution is 2.25. The molecular weight excluding hydrogens is 460 g/mol. The van der Waals surface area contributed by atoms with Gasteiger partial charge in [0.15, 0.2) is 5.65 Å². The van der Waals surface area contributed by atoms with Crippen molar-refractivity contribution in [3.63, 3.8) is 0 Å². The smallest absolute Gasteiger partial charge is 0.255 e. The van der Waals surface area contributed by atoms with Gasteiger partial charge in [-0.1, -0.05) is 68.4 Å². The van der Waals surface area contributed by atoms with Crippen LogP contribution in [0.15, 0.2) is 91.1 Å². The van der Waals surface area contributed by atoms with Crippen LogP contribution < -0.4 is 16.0 Å². The first-order valence-corrected chi connectivity index (χ1v) is 12.3. The van der Waals surface area contributed by atoms with E-state index in [2.05, 4.69) is 53.1 Å². The summed E-state index contributed by atoms with van der Waals surface area (Å²) in [6.07, 6.45) is 1.88. The Bertz CT molecular complexity index is 1500. The molecule has 7 heteroatoms. The summed E-state index contributed by atoms with van der Waals surface area (Å²) >= 11 is 0. The lowest BCUT2D eigenvalue weighted by atomic mass is 10.1. The zero-order valence-corrected chi connectivity index (χ0v) is 20.9. The molecule has 0 saturated carbocycles. The molecule has 7 nitrogen and oxygen atoms in total. The Balaban J connectivity index is 1.36. The SMILES string of the molecule is CC(C)c1cnn2c(NCc3cccc(C(=O)Nc4cc[c]cc4)c3)cc(NCc3ccccc3)nc12. The van der Waals surface area contributed by atoms with Crippen molar-refractivity contribution in [1.82, 2.24) is 14.6 Å². The van der Waals surface area contributed by atoms with Crippen molar-refractivity contribution in [2.24, 2.45) is 0 Å². The summed E-state index contributed by atoms with van der Waals surface area (Å²) < 4.78 is 1.84. The van der Waals surface area contributed by atoms with E-state index >= 15 is 0 Å². The van der Waals surface area contributed by atoms with Gasteiger partial charge in [-0.2, -0.15) is 9.61 Å². The molecule has 3 aromatic carbocycles. The lowest BCUT2D eigenvalue weighted by Gasteiger charge is -2.13. The lowest BCUT2D eigenvalue weighted by Crippen LogP contribution is -2.13. The minimum Gasteiger partial charge on any atom is -0.366 e. The van der Waals surface area contributed by atoms with E-state index in [1.807, 2.05) is 71.4 Å². The first-order chi connectivity index (χ1) is 18.1. The Labute approximate surface area is 216 Å². The molecule has 185 valence electrons. The van der Waals surface area contributed by atoms with Gasteiger partial charge in [-0.25, -0.2) is 4.98 Å². The van der Waals surface area contributed by atoms with Gasteiger partial charge >= 0.3 is 0 Å². The Morgan fingerprint density at radius 3 is 2.46 bits per heavy atom. The molecule has 2 aromatic heterocycles. The minimum atomic E-state index is -0.152. The normalized spacial score (nSPS) is 11.0. The van der Waals surface area contributed by atoms with Gasteiger partial charge in [0.25, 0.3) is 5.91 Å². The molecule has 0 bridgehead atoms. The molecule has 3 N–H and O–H groups in total. The number of fused-ring (bicyclic) bond motifs is 1. The van der Waals surface area contributed by atoms with Gasteiger partial charge < -0.3 is 16.0 Å². The third-order valence-electron chi connectivity index (χ3n) is 6.08. The predicted molar refractivity (Wildman–Crippen MR) is 148 cm³/mol. The summed E-state index contributed by atoms with van der Waals surface area (Å²) in [6, 6.07) is 29.9. The predicted octanol–water partition coefficient (Wildman–Crippen LogP) is 6.13. The number of hydrogen-bond donors (Lipinski definition) is 3. The van der Waals surface area contributed by atoms with E-state index in [1.165, 1.54) is 5.56 Å². The summed E-state index contributed by atoms with van der Waals surface area (Å²) in [6.45, 7) is 5.47. The molecule has 0 spiro atoms. The van der Waals surface area contributed by atoms with Crippen LogP contribution in [0.1, 0.15) is 46.8 Å². The highest BCUT2D eigenvalue weighted by Gasteiger charge is 2.14. The number of aromatic nitrogens is 3. The van der Waals surface area contributed by atoms with Crippen LogP contribution in [0.25, 0.3) is 5.65 Å². The van der Waals surface area contributed by atoms with Crippen LogP contribution >= 0.6 is 0 Å². The van der Waals surface area contributed by atoms with Crippen molar-refractivity contribution in [1.29, 1.82) is 0 Å². The Kier molecular flexibility index (Phi) is 7.12. The van der Waals surface area contributed by atoms with Gasteiger partial charge in [0.1, 0.15) is 11.6 Å². The highest BCUT2D eigenvalue weighted by molar-refractivity contribution is 6.04. The van der Waals surface area contributed by atoms with Gasteiger partial charge in [-0.05, 0) is 47.4 Å². The molecule has 0 fully saturated rings. The molecule has 0 aliphatic heterocycles. The number of benzene rings is 3. The van der Waals surface area contributed by atoms with Gasteiger partial charge in [0, 0.05) is 36.0 Å². The monoisotopic (exact) mass is 489 g/mol. The van der Waals surface area contributed by atoms with E-state index < -0.39 is 0 Å². The summed E-state index contributed by atoms with van der Waals surface area (Å²) in [7, 11) is 0. The second kappa shape index (κ2) is 11.0. The van der Waals surface area contributed by atoms with E-state index in [9.17, 15) is 4.79 Å². The van der Waals surface area contributed by atoms with Crippen molar-refractivity contribution < 1.29 is 4.79 Å². The van der Waals surface area contributed by atoms with Crippen LogP contribution in [0.4, 0.5) is 17.3 Å². The number of anilines is 3. The molecule has 5 rings (SSSR count). The van der Waals surface area contributed by atoms with Crippen molar-refractivity contribution in [3.8, 4) is 0 Å². The number of rotatable bonds is 9. The van der Waals surface area contributed by atoms with E-state index in [4.69, 9.17) is 4.98 Å². The Morgan fingerprint density at radius 2 is 1.68 bits per heavy atom. The van der Waals surface area contributed by atoms with Crippen molar-refractivity contribution >= 4 is 28.9 Å². The molecule has 1 radical (unpaired) electrons. The molecule has 5 aromatic rings. The van der Waals surface area contributed by atoms with Gasteiger partial charge in [-0.15, -0.1) is 0 Å². The molecular formula is C30H29N6O. The molecule has 0 saturated heterocycles. The van der Waals surface area contributed by atoms with E-state index in [0.717, 1.165) is 34.1 Å². The fraction of sp³-hybridized carbons (Fsp3) is 0.167. The first-order valence-electron chi connectivity index (χ1n) is 12.3. The van der Waals surface area contributed by atoms with Gasteiger partial charge in [-0.3, -0.25) is 4.79 Å². The fourth-order valence-corrected chi connectivity index (χ4v) is 4.08. The summed E-state index contributed by atoms with van der Waals surface area (Å²) in [4.78, 5) is 17.6. The third kappa shape index (κ3) is 5.78. The number of nitrogens with zero attached hydrogens (tertiary/aromatic N) is 3. The second-order valence-corrected chi connectivity index (χ2v) is 9.15. The molecule has 0 unspecified atom stereocenters. The summed E-state index contributed by atoms with van der Waals surface area (Å²) in [5.74, 6) is 1.73. The molecule has 1 amide bonds. The molecule has 0 atom stereocenters. The largest absolute Gasteiger partial charge is 0.366 e. The molecule has 2 heterocycles. The van der Waals surface area contributed by atoms with Crippen molar-refractivity contribution in [2.45, 2.75) is 32.9 Å². The summed E-state index contributed by atoms with van der Waals surface area (Å²) in [5.41, 5.74) is 5.40. The van der Waals surface area contributed by atoms with Crippen LogP contribution in [0, 0.1) is 6.07 Å². The summed E-state index contributed by atoms with van der Waals surface area (Å²) in [5, 5.41) is 14.5. The zero-order chi connectivity index (χ0) is 25.6. The van der Waals surface area contributed by atoms with Crippen molar-refractivity contribution in [2.75, 3.05) is 16.0 Å². The van der Waals surface area contributed by atoms with Crippen LogP contribution in [-0.4, -0.2) is 20.5 Å². The maximum atomic E-state index is 12.7. The van der Waals surface area contributed by atoms with Gasteiger partial charge in [0.05, 0.1) is 6.20 Å². The van der Waals surface area contributed by atoms with E-state index in [1.54, 1.807) is 12.1 Å². The number of carbonyl (C=O) groups excluding carboxylic acids is 1. The maximum absolute atomic E-state index is 12.7. The van der Waals surface area contributed by atoms with Crippen LogP contribution in [0.2, 0.25) is 0 Å². The second-order valence-electron chi connectivity index (χ2n) is 9.15. The standard InChI is InChI=1S/C30H29N6O/c1-21(2)26-20-33-36-28(17-27(35-29(26)36)31-18-22-10-5-3-6-11-22)32-19-23-12-9-13-24(16-23)30(37)34-25-14-7-4-8-15-25/h3,5-17,20-21,32H,18-19H2,1-2H3,(H,31,35)(H,34,37). The van der Waals surface area contributed by atoms with E-state index in [0.29, 0.717) is 24.6 Å². The van der Waals surface area contributed by atoms with Crippen LogP contribution in [0.3, 0.4) is 0 Å². The lowest BCUT2D eigenvalue weighted by molar-refractivity contribution is 0.102. The average molecular weight is 490 g/mol. The zero-order valence-electron chi connectivity index (χ0n) is 20.9. The molecule has 0 aliphatic carbocycles. The number of carbonyl (C=O) groups is 1. The van der Waals surface area contributed by atoms with Crippen LogP contribution in [0.5, 0.6) is 0 Å². The minimum absolute atomic E-state index is 0.152. The Hall–Kier alpha value is -4.65. The molecule has 0 aliphatic rings.